The van der Waals surface area contributed by atoms with Crippen LogP contribution in [0.2, 0.25) is 0 Å². The van der Waals surface area contributed by atoms with Crippen LogP contribution < -0.4 is 0 Å². The van der Waals surface area contributed by atoms with Gasteiger partial charge < -0.3 is 39.9 Å². The number of rotatable bonds is 36. The van der Waals surface area contributed by atoms with Gasteiger partial charge in [0.15, 0.2) is 6.10 Å². The minimum absolute atomic E-state index is 0.0567. The van der Waals surface area contributed by atoms with Crippen molar-refractivity contribution in [3.8, 4) is 0 Å². The molecule has 0 aliphatic heterocycles. The zero-order chi connectivity index (χ0) is 46.4. The Morgan fingerprint density at radius 1 is 0.492 bits per heavy atom. The zero-order valence-electron chi connectivity index (χ0n) is 37.8. The number of phosphoric acid groups is 1. The van der Waals surface area contributed by atoms with Gasteiger partial charge in [0, 0.05) is 12.8 Å². The van der Waals surface area contributed by atoms with Gasteiger partial charge in [-0.15, -0.1) is 0 Å². The van der Waals surface area contributed by atoms with Gasteiger partial charge in [-0.2, -0.15) is 0 Å². The monoisotopic (exact) mass is 907 g/mol. The molecular weight excluding hydrogens is 827 g/mol. The Morgan fingerprint density at radius 2 is 0.857 bits per heavy atom. The minimum atomic E-state index is -5.14. The third-order valence-corrected chi connectivity index (χ3v) is 10.9. The first-order valence-electron chi connectivity index (χ1n) is 23.0. The number of aliphatic hydroxyl groups is 5. The van der Waals surface area contributed by atoms with Crippen LogP contribution >= 0.6 is 7.82 Å². The molecule has 0 saturated heterocycles. The van der Waals surface area contributed by atoms with Crippen molar-refractivity contribution in [2.45, 2.75) is 185 Å². The first-order chi connectivity index (χ1) is 30.4. The molecule has 0 radical (unpaired) electrons. The Balaban J connectivity index is 2.51. The van der Waals surface area contributed by atoms with E-state index >= 15 is 0 Å². The first-order valence-corrected chi connectivity index (χ1v) is 24.5. The van der Waals surface area contributed by atoms with Crippen molar-refractivity contribution in [1.82, 2.24) is 0 Å². The third kappa shape index (κ3) is 30.5. The smallest absolute Gasteiger partial charge is 0.462 e. The average Bonchev–Trinajstić information content (AvgIpc) is 3.26. The highest BCUT2D eigenvalue weighted by Crippen LogP contribution is 2.47. The predicted molar refractivity (Wildman–Crippen MR) is 248 cm³/mol. The number of ether oxygens (including phenoxy) is 2. The first kappa shape index (κ1) is 57.8. The van der Waals surface area contributed by atoms with E-state index in [1.54, 1.807) is 0 Å². The molecule has 1 aliphatic carbocycles. The largest absolute Gasteiger partial charge is 0.472 e. The van der Waals surface area contributed by atoms with E-state index in [1.807, 2.05) is 0 Å². The topological polar surface area (TPSA) is 210 Å². The fraction of sp³-hybridized carbons (Fsp3) is 0.633. The van der Waals surface area contributed by atoms with E-state index in [9.17, 15) is 44.6 Å². The fourth-order valence-electron chi connectivity index (χ4n) is 6.27. The molecule has 1 rings (SSSR count). The van der Waals surface area contributed by atoms with E-state index in [0.717, 1.165) is 103 Å². The SMILES string of the molecule is CCC=CCC=CCC=CCC=CCCCCCCC(=O)OCC(COP(=O)(O)OC1C(O)C(O)C(O)C(O)C1O)OC(=O)CCCCCCC=CCC=CCC=CCC=CCC. The lowest BCUT2D eigenvalue weighted by Gasteiger charge is -2.41. The van der Waals surface area contributed by atoms with Gasteiger partial charge in [-0.05, 0) is 89.9 Å². The molecule has 63 heavy (non-hydrogen) atoms. The number of carbonyl (C=O) groups is 2. The van der Waals surface area contributed by atoms with E-state index in [2.05, 4.69) is 111 Å². The summed E-state index contributed by atoms with van der Waals surface area (Å²) in [5, 5.41) is 50.2. The lowest BCUT2D eigenvalue weighted by molar-refractivity contribution is -0.220. The van der Waals surface area contributed by atoms with Gasteiger partial charge in [0.2, 0.25) is 0 Å². The second kappa shape index (κ2) is 38.1. The number of hydrogen-bond donors (Lipinski definition) is 6. The van der Waals surface area contributed by atoms with Crippen LogP contribution in [0.5, 0.6) is 0 Å². The van der Waals surface area contributed by atoms with Crippen LogP contribution in [0, 0.1) is 0 Å². The van der Waals surface area contributed by atoms with Crippen LogP contribution in [0.3, 0.4) is 0 Å². The summed E-state index contributed by atoms with van der Waals surface area (Å²) in [5.74, 6) is -1.17. The molecule has 0 bridgehead atoms. The van der Waals surface area contributed by atoms with Crippen molar-refractivity contribution >= 4 is 19.8 Å². The predicted octanol–water partition coefficient (Wildman–Crippen LogP) is 9.05. The summed E-state index contributed by atoms with van der Waals surface area (Å²) in [5.41, 5.74) is 0. The summed E-state index contributed by atoms with van der Waals surface area (Å²) < 4.78 is 33.5. The Morgan fingerprint density at radius 3 is 1.29 bits per heavy atom. The van der Waals surface area contributed by atoms with Crippen LogP contribution in [-0.4, -0.2) is 98.3 Å². The second-order valence-corrected chi connectivity index (χ2v) is 16.9. The van der Waals surface area contributed by atoms with Crippen LogP contribution in [0.25, 0.3) is 0 Å². The van der Waals surface area contributed by atoms with E-state index in [-0.39, 0.29) is 12.8 Å². The second-order valence-electron chi connectivity index (χ2n) is 15.5. The highest BCUT2D eigenvalue weighted by molar-refractivity contribution is 7.47. The normalized spacial score (nSPS) is 22.6. The fourth-order valence-corrected chi connectivity index (χ4v) is 7.24. The van der Waals surface area contributed by atoms with E-state index in [0.29, 0.717) is 12.8 Å². The van der Waals surface area contributed by atoms with Crippen molar-refractivity contribution in [1.29, 1.82) is 0 Å². The molecule has 0 spiro atoms. The lowest BCUT2D eigenvalue weighted by Crippen LogP contribution is -2.64. The Labute approximate surface area is 377 Å². The number of phosphoric ester groups is 1. The molecule has 6 N–H and O–H groups in total. The van der Waals surface area contributed by atoms with Gasteiger partial charge in [-0.25, -0.2) is 4.57 Å². The van der Waals surface area contributed by atoms with Gasteiger partial charge in [0.05, 0.1) is 6.61 Å². The zero-order valence-corrected chi connectivity index (χ0v) is 38.7. The number of unbranched alkanes of at least 4 members (excludes halogenated alkanes) is 8. The van der Waals surface area contributed by atoms with Crippen molar-refractivity contribution in [2.24, 2.45) is 0 Å². The average molecular weight is 907 g/mol. The van der Waals surface area contributed by atoms with Gasteiger partial charge in [0.1, 0.15) is 43.2 Å². The molecule has 1 fully saturated rings. The molecule has 6 unspecified atom stereocenters. The van der Waals surface area contributed by atoms with E-state index in [4.69, 9.17) is 18.5 Å². The summed E-state index contributed by atoms with van der Waals surface area (Å²) >= 11 is 0. The molecule has 0 aromatic carbocycles. The molecule has 0 aromatic heterocycles. The van der Waals surface area contributed by atoms with Gasteiger partial charge in [0.25, 0.3) is 0 Å². The summed E-state index contributed by atoms with van der Waals surface area (Å²) in [7, 11) is -5.14. The highest BCUT2D eigenvalue weighted by atomic mass is 31.2. The Hall–Kier alpha value is -3.23. The standard InChI is InChI=1S/C49H79O13P/c1-3-5-7-9-11-13-15-17-19-21-23-25-27-29-31-33-35-37-42(50)59-39-41(40-60-63(57,58)62-49-47(55)45(53)44(52)46(54)48(49)56)61-43(51)38-36-34-32-30-28-26-24-22-20-18-16-14-12-10-8-6-4-2/h5-8,11-14,17-20,23-26,41,44-49,52-56H,3-4,9-10,15-16,21-22,27-40H2,1-2H3,(H,57,58). The molecule has 1 aliphatic rings. The number of allylic oxidation sites excluding steroid dienone is 16. The summed E-state index contributed by atoms with van der Waals surface area (Å²) in [4.78, 5) is 35.7. The number of esters is 2. The molecule has 14 heteroatoms. The van der Waals surface area contributed by atoms with Crippen molar-refractivity contribution < 1.29 is 63.1 Å². The summed E-state index contributed by atoms with van der Waals surface area (Å²) in [6.45, 7) is 3.01. The van der Waals surface area contributed by atoms with Crippen molar-refractivity contribution in [2.75, 3.05) is 13.2 Å². The quantitative estimate of drug-likeness (QED) is 0.0150. The van der Waals surface area contributed by atoms with E-state index < -0.39 is 75.7 Å². The number of carbonyl (C=O) groups excluding carboxylic acids is 2. The molecule has 1 saturated carbocycles. The molecule has 0 heterocycles. The number of hydrogen-bond acceptors (Lipinski definition) is 12. The maximum absolute atomic E-state index is 12.8. The molecule has 6 atom stereocenters. The van der Waals surface area contributed by atoms with Crippen molar-refractivity contribution in [3.05, 3.63) is 97.2 Å². The molecule has 358 valence electrons. The molecular formula is C49H79O13P. The Kier molecular flexibility index (Phi) is 34.9. The number of aliphatic hydroxyl groups excluding tert-OH is 5. The van der Waals surface area contributed by atoms with Gasteiger partial charge >= 0.3 is 19.8 Å². The lowest BCUT2D eigenvalue weighted by atomic mass is 9.85. The summed E-state index contributed by atoms with van der Waals surface area (Å²) in [6.07, 6.45) is 37.4. The summed E-state index contributed by atoms with van der Waals surface area (Å²) in [6, 6.07) is 0. The van der Waals surface area contributed by atoms with Gasteiger partial charge in [-0.1, -0.05) is 137 Å². The maximum atomic E-state index is 12.8. The molecule has 0 aromatic rings. The van der Waals surface area contributed by atoms with Crippen LogP contribution in [0.15, 0.2) is 97.2 Å². The van der Waals surface area contributed by atoms with Crippen LogP contribution in [-0.2, 0) is 32.7 Å². The van der Waals surface area contributed by atoms with E-state index in [1.165, 1.54) is 0 Å². The maximum Gasteiger partial charge on any atom is 0.472 e. The molecule has 0 amide bonds. The Bertz CT molecular complexity index is 1470. The molecule has 13 nitrogen and oxygen atoms in total. The third-order valence-electron chi connectivity index (χ3n) is 9.92. The van der Waals surface area contributed by atoms with Crippen LogP contribution in [0.4, 0.5) is 0 Å². The van der Waals surface area contributed by atoms with Crippen molar-refractivity contribution in [3.63, 3.8) is 0 Å². The minimum Gasteiger partial charge on any atom is -0.462 e. The highest BCUT2D eigenvalue weighted by Gasteiger charge is 2.51. The van der Waals surface area contributed by atoms with Crippen LogP contribution in [0.1, 0.15) is 142 Å². The van der Waals surface area contributed by atoms with Gasteiger partial charge in [-0.3, -0.25) is 18.6 Å².